The Morgan fingerprint density at radius 3 is 1.02 bits per heavy atom. The van der Waals surface area contributed by atoms with Crippen molar-refractivity contribution in [2.75, 3.05) is 0 Å². The molecule has 0 saturated heterocycles. The van der Waals surface area contributed by atoms with E-state index in [2.05, 4.69) is 226 Å². The molecule has 266 valence electrons. The van der Waals surface area contributed by atoms with Gasteiger partial charge in [-0.3, -0.25) is 0 Å². The van der Waals surface area contributed by atoms with Gasteiger partial charge >= 0.3 is 0 Å². The van der Waals surface area contributed by atoms with Gasteiger partial charge in [-0.25, -0.2) is 0 Å². The van der Waals surface area contributed by atoms with Gasteiger partial charge in [0.15, 0.2) is 0 Å². The average molecular weight is 726 g/mol. The Morgan fingerprint density at radius 1 is 0.193 bits per heavy atom. The van der Waals surface area contributed by atoms with Gasteiger partial charge in [0.1, 0.15) is 0 Å². The van der Waals surface area contributed by atoms with Crippen LogP contribution < -0.4 is 0 Å². The Bertz CT molecular complexity index is 3470. The van der Waals surface area contributed by atoms with Gasteiger partial charge < -0.3 is 13.7 Å². The number of aromatic nitrogens is 3. The summed E-state index contributed by atoms with van der Waals surface area (Å²) in [7, 11) is 0. The third kappa shape index (κ3) is 4.86. The minimum atomic E-state index is 1.13. The molecule has 0 atom stereocenters. The number of para-hydroxylation sites is 4. The van der Waals surface area contributed by atoms with E-state index in [1.165, 1.54) is 87.7 Å². The van der Waals surface area contributed by atoms with Gasteiger partial charge in [-0.05, 0) is 89.0 Å². The van der Waals surface area contributed by atoms with Crippen LogP contribution in [0.4, 0.5) is 0 Å². The molecule has 0 saturated carbocycles. The van der Waals surface area contributed by atoms with E-state index in [-0.39, 0.29) is 0 Å². The summed E-state index contributed by atoms with van der Waals surface area (Å²) in [6.07, 6.45) is 0. The third-order valence-electron chi connectivity index (χ3n) is 11.8. The van der Waals surface area contributed by atoms with E-state index >= 15 is 0 Å². The van der Waals surface area contributed by atoms with E-state index in [1.54, 1.807) is 0 Å². The van der Waals surface area contributed by atoms with Gasteiger partial charge in [0, 0.05) is 49.4 Å². The Kier molecular flexibility index (Phi) is 6.93. The fourth-order valence-corrected chi connectivity index (χ4v) is 9.29. The van der Waals surface area contributed by atoms with Crippen molar-refractivity contribution in [2.45, 2.75) is 0 Å². The first-order chi connectivity index (χ1) is 28.3. The zero-order valence-electron chi connectivity index (χ0n) is 31.0. The topological polar surface area (TPSA) is 14.8 Å². The minimum Gasteiger partial charge on any atom is -0.309 e. The average Bonchev–Trinajstić information content (AvgIpc) is 3.92. The van der Waals surface area contributed by atoms with Gasteiger partial charge in [-0.2, -0.15) is 0 Å². The second-order valence-electron chi connectivity index (χ2n) is 15.0. The van der Waals surface area contributed by atoms with E-state index in [4.69, 9.17) is 0 Å². The molecule has 0 aliphatic carbocycles. The molecule has 0 spiro atoms. The summed E-state index contributed by atoms with van der Waals surface area (Å²) in [5, 5.41) is 7.48. The lowest BCUT2D eigenvalue weighted by molar-refractivity contribution is 1.14. The summed E-state index contributed by atoms with van der Waals surface area (Å²) in [6, 6.07) is 77.5. The molecule has 12 aromatic rings. The van der Waals surface area contributed by atoms with Crippen molar-refractivity contribution < 1.29 is 0 Å². The zero-order chi connectivity index (χ0) is 37.5. The molecular formula is C54H35N3. The quantitative estimate of drug-likeness (QED) is 0.168. The van der Waals surface area contributed by atoms with Crippen LogP contribution in [-0.2, 0) is 0 Å². The van der Waals surface area contributed by atoms with E-state index in [0.717, 1.165) is 17.1 Å². The van der Waals surface area contributed by atoms with Gasteiger partial charge in [0.2, 0.25) is 0 Å². The van der Waals surface area contributed by atoms with E-state index in [9.17, 15) is 0 Å². The predicted octanol–water partition coefficient (Wildman–Crippen LogP) is 14.3. The maximum atomic E-state index is 2.45. The molecule has 0 fully saturated rings. The third-order valence-corrected chi connectivity index (χ3v) is 11.8. The molecule has 0 bridgehead atoms. The molecule has 3 aromatic heterocycles. The van der Waals surface area contributed by atoms with Crippen LogP contribution in [0.15, 0.2) is 212 Å². The monoisotopic (exact) mass is 725 g/mol. The summed E-state index contributed by atoms with van der Waals surface area (Å²) in [4.78, 5) is 0. The van der Waals surface area contributed by atoms with Crippen LogP contribution in [0.5, 0.6) is 0 Å². The van der Waals surface area contributed by atoms with Crippen LogP contribution in [0.2, 0.25) is 0 Å². The molecule has 0 aliphatic rings. The molecule has 0 radical (unpaired) electrons. The highest BCUT2D eigenvalue weighted by molar-refractivity contribution is 6.13. The molecule has 0 aliphatic heterocycles. The number of nitrogens with zero attached hydrogens (tertiary/aromatic N) is 3. The Balaban J connectivity index is 1.07. The largest absolute Gasteiger partial charge is 0.309 e. The van der Waals surface area contributed by atoms with Crippen molar-refractivity contribution in [3.8, 4) is 39.3 Å². The van der Waals surface area contributed by atoms with Gasteiger partial charge in [-0.1, -0.05) is 146 Å². The fraction of sp³-hybridized carbons (Fsp3) is 0. The van der Waals surface area contributed by atoms with Crippen molar-refractivity contribution >= 4 is 65.4 Å². The molecule has 12 rings (SSSR count). The molecule has 3 nitrogen and oxygen atoms in total. The normalized spacial score (nSPS) is 11.9. The maximum Gasteiger partial charge on any atom is 0.0561 e. The highest BCUT2D eigenvalue weighted by Gasteiger charge is 2.19. The molecule has 57 heavy (non-hydrogen) atoms. The standard InChI is InChI=1S/C54H35N3/c1-2-14-36(15-3-1)37-16-12-17-38(32-37)39-18-13-19-40(33-39)56-51-26-10-6-22-45(51)47-31-29-42(35-53(47)56)57-52-27-11-7-23-46(52)48-30-28-41(34-54(48)57)55-49-24-8-4-20-43(49)44-21-5-9-25-50(44)55/h1-35H. The van der Waals surface area contributed by atoms with Gasteiger partial charge in [0.25, 0.3) is 0 Å². The second-order valence-corrected chi connectivity index (χ2v) is 15.0. The van der Waals surface area contributed by atoms with Crippen molar-refractivity contribution in [1.29, 1.82) is 0 Å². The lowest BCUT2D eigenvalue weighted by atomic mass is 9.99. The maximum absolute atomic E-state index is 2.45. The first-order valence-electron chi connectivity index (χ1n) is 19.6. The van der Waals surface area contributed by atoms with Crippen LogP contribution in [0.3, 0.4) is 0 Å². The first-order valence-corrected chi connectivity index (χ1v) is 19.6. The molecule has 0 N–H and O–H groups in total. The summed E-state index contributed by atoms with van der Waals surface area (Å²) >= 11 is 0. The number of hydrogen-bond donors (Lipinski definition) is 0. The highest BCUT2D eigenvalue weighted by atomic mass is 15.0. The van der Waals surface area contributed by atoms with E-state index in [1.807, 2.05) is 0 Å². The summed E-state index contributed by atoms with van der Waals surface area (Å²) in [5.74, 6) is 0. The number of rotatable bonds is 5. The van der Waals surface area contributed by atoms with Gasteiger partial charge in [-0.15, -0.1) is 0 Å². The summed E-state index contributed by atoms with van der Waals surface area (Å²) < 4.78 is 7.31. The summed E-state index contributed by atoms with van der Waals surface area (Å²) in [5.41, 5.74) is 15.4. The number of hydrogen-bond acceptors (Lipinski definition) is 0. The lowest BCUT2D eigenvalue weighted by Gasteiger charge is -2.13. The first kappa shape index (κ1) is 31.7. The molecule has 9 aromatic carbocycles. The van der Waals surface area contributed by atoms with Crippen LogP contribution in [-0.4, -0.2) is 13.7 Å². The van der Waals surface area contributed by atoms with Crippen LogP contribution >= 0.6 is 0 Å². The second kappa shape index (κ2) is 12.5. The van der Waals surface area contributed by atoms with Crippen LogP contribution in [0.25, 0.3) is 105 Å². The molecule has 0 unspecified atom stereocenters. The molecule has 3 heterocycles. The zero-order valence-corrected chi connectivity index (χ0v) is 31.0. The number of fused-ring (bicyclic) bond motifs is 9. The smallest absolute Gasteiger partial charge is 0.0561 e. The van der Waals surface area contributed by atoms with Crippen molar-refractivity contribution in [2.24, 2.45) is 0 Å². The van der Waals surface area contributed by atoms with Crippen molar-refractivity contribution in [1.82, 2.24) is 13.7 Å². The number of benzene rings is 9. The molecular weight excluding hydrogens is 691 g/mol. The Labute approximate surface area is 329 Å². The minimum absolute atomic E-state index is 1.13. The highest BCUT2D eigenvalue weighted by Crippen LogP contribution is 2.39. The molecule has 3 heteroatoms. The van der Waals surface area contributed by atoms with Crippen molar-refractivity contribution in [3.05, 3.63) is 212 Å². The van der Waals surface area contributed by atoms with Crippen LogP contribution in [0, 0.1) is 0 Å². The predicted molar refractivity (Wildman–Crippen MR) is 240 cm³/mol. The summed E-state index contributed by atoms with van der Waals surface area (Å²) in [6.45, 7) is 0. The fourth-order valence-electron chi connectivity index (χ4n) is 9.29. The van der Waals surface area contributed by atoms with Crippen LogP contribution in [0.1, 0.15) is 0 Å². The van der Waals surface area contributed by atoms with E-state index in [0.29, 0.717) is 0 Å². The Morgan fingerprint density at radius 2 is 0.526 bits per heavy atom. The Hall–Kier alpha value is -7.62. The molecule has 0 amide bonds. The van der Waals surface area contributed by atoms with Gasteiger partial charge in [0.05, 0.1) is 33.1 Å². The lowest BCUT2D eigenvalue weighted by Crippen LogP contribution is -1.98. The SMILES string of the molecule is c1ccc(-c2cccc(-c3cccc(-n4c5ccccc5c5ccc(-n6c7ccccc7c7ccc(-n8c9ccccc9c9ccccc98)cc76)cc54)c3)c2)cc1. The van der Waals surface area contributed by atoms with Crippen molar-refractivity contribution in [3.63, 3.8) is 0 Å². The van der Waals surface area contributed by atoms with E-state index < -0.39 is 0 Å².